The fourth-order valence-electron chi connectivity index (χ4n) is 2.12. The number of nitrogens with zero attached hydrogens (tertiary/aromatic N) is 2. The lowest BCUT2D eigenvalue weighted by Gasteiger charge is -2.25. The van der Waals surface area contributed by atoms with E-state index in [1.807, 2.05) is 13.8 Å². The number of anilines is 1. The highest BCUT2D eigenvalue weighted by molar-refractivity contribution is 5.94. The van der Waals surface area contributed by atoms with Crippen LogP contribution in [0.4, 0.5) is 10.2 Å². The molecule has 2 amide bonds. The quantitative estimate of drug-likeness (QED) is 0.699. The number of benzene rings is 1. The molecular weight excluding hydrogens is 325 g/mol. The lowest BCUT2D eigenvalue weighted by atomic mass is 9.84. The molecule has 8 heteroatoms. The zero-order chi connectivity index (χ0) is 18.4. The molecule has 0 radical (unpaired) electrons. The Labute approximate surface area is 144 Å². The topological polar surface area (TPSA) is 110 Å². The van der Waals surface area contributed by atoms with E-state index >= 15 is 0 Å². The molecule has 0 saturated carbocycles. The summed E-state index contributed by atoms with van der Waals surface area (Å²) in [4.78, 5) is 22.4. The number of nitrogens with two attached hydrogens (primary N) is 1. The second-order valence-corrected chi connectivity index (χ2v) is 6.20. The highest BCUT2D eigenvalue weighted by Gasteiger charge is 2.20. The van der Waals surface area contributed by atoms with Crippen molar-refractivity contribution in [1.82, 2.24) is 15.5 Å². The first-order chi connectivity index (χ1) is 11.8. The molecule has 0 aliphatic rings. The Balaban J connectivity index is 1.95. The molecule has 0 spiro atoms. The molecule has 0 saturated heterocycles. The van der Waals surface area contributed by atoms with Crippen molar-refractivity contribution in [1.29, 1.82) is 0 Å². The number of carbonyl (C=O) groups excluding carboxylic acids is 2. The van der Waals surface area contributed by atoms with E-state index < -0.39 is 11.8 Å². The summed E-state index contributed by atoms with van der Waals surface area (Å²) in [5.41, 5.74) is 5.77. The number of hydrogen-bond acceptors (Lipinski definition) is 5. The smallest absolute Gasteiger partial charge is 0.272 e. The highest BCUT2D eigenvalue weighted by atomic mass is 19.1. The first kappa shape index (κ1) is 18.3. The Kier molecular flexibility index (Phi) is 5.63. The van der Waals surface area contributed by atoms with Crippen molar-refractivity contribution in [3.63, 3.8) is 0 Å². The molecule has 2 aromatic rings. The Hall–Kier alpha value is -3.03. The van der Waals surface area contributed by atoms with Gasteiger partial charge in [0, 0.05) is 12.0 Å². The van der Waals surface area contributed by atoms with Gasteiger partial charge >= 0.3 is 0 Å². The summed E-state index contributed by atoms with van der Waals surface area (Å²) in [6.45, 7) is 4.32. The number of amides is 2. The van der Waals surface area contributed by atoms with Gasteiger partial charge in [0.05, 0.1) is 6.54 Å². The third kappa shape index (κ3) is 5.23. The fourth-order valence-corrected chi connectivity index (χ4v) is 2.12. The molecule has 7 nitrogen and oxygen atoms in total. The van der Waals surface area contributed by atoms with Gasteiger partial charge < -0.3 is 16.4 Å². The number of aromatic nitrogens is 2. The minimum absolute atomic E-state index is 0.0876. The SMILES string of the molecule is CC(C)(CNc1ccc(C(=O)NCC(N)=O)nn1)c1ccc(F)cc1. The maximum atomic E-state index is 13.0. The van der Waals surface area contributed by atoms with Crippen molar-refractivity contribution < 1.29 is 14.0 Å². The predicted octanol–water partition coefficient (Wildman–Crippen LogP) is 1.22. The van der Waals surface area contributed by atoms with Crippen LogP contribution in [0.25, 0.3) is 0 Å². The largest absolute Gasteiger partial charge is 0.368 e. The van der Waals surface area contributed by atoms with Gasteiger partial charge in [0.25, 0.3) is 5.91 Å². The summed E-state index contributed by atoms with van der Waals surface area (Å²) in [5.74, 6) is -0.933. The van der Waals surface area contributed by atoms with E-state index in [9.17, 15) is 14.0 Å². The van der Waals surface area contributed by atoms with Gasteiger partial charge in [-0.05, 0) is 29.8 Å². The van der Waals surface area contributed by atoms with Crippen LogP contribution in [-0.4, -0.2) is 35.1 Å². The van der Waals surface area contributed by atoms with Crippen LogP contribution in [0.5, 0.6) is 0 Å². The first-order valence-corrected chi connectivity index (χ1v) is 7.68. The Morgan fingerprint density at radius 2 is 1.80 bits per heavy atom. The van der Waals surface area contributed by atoms with Crippen LogP contribution < -0.4 is 16.4 Å². The van der Waals surface area contributed by atoms with Crippen LogP contribution in [-0.2, 0) is 10.2 Å². The summed E-state index contributed by atoms with van der Waals surface area (Å²) in [5, 5.41) is 13.2. The standard InChI is InChI=1S/C17H20FN5O2/c1-17(2,11-3-5-12(18)6-4-11)10-21-15-8-7-13(22-23-15)16(25)20-9-14(19)24/h3-8H,9-10H2,1-2H3,(H2,19,24)(H,20,25)(H,21,23). The summed E-state index contributed by atoms with van der Waals surface area (Å²) in [6, 6.07) is 9.46. The van der Waals surface area contributed by atoms with Crippen molar-refractivity contribution in [2.45, 2.75) is 19.3 Å². The monoisotopic (exact) mass is 345 g/mol. The minimum Gasteiger partial charge on any atom is -0.368 e. The maximum absolute atomic E-state index is 13.0. The molecular formula is C17H20FN5O2. The second-order valence-electron chi connectivity index (χ2n) is 6.20. The molecule has 0 unspecified atom stereocenters. The van der Waals surface area contributed by atoms with E-state index in [1.165, 1.54) is 18.2 Å². The number of hydrogen-bond donors (Lipinski definition) is 3. The lowest BCUT2D eigenvalue weighted by Crippen LogP contribution is -2.33. The molecule has 1 aromatic heterocycles. The molecule has 0 atom stereocenters. The molecule has 0 bridgehead atoms. The van der Waals surface area contributed by atoms with Gasteiger partial charge in [-0.25, -0.2) is 4.39 Å². The van der Waals surface area contributed by atoms with E-state index in [4.69, 9.17) is 5.73 Å². The molecule has 0 fully saturated rings. The molecule has 0 aliphatic carbocycles. The predicted molar refractivity (Wildman–Crippen MR) is 91.5 cm³/mol. The van der Waals surface area contributed by atoms with Crippen molar-refractivity contribution in [3.8, 4) is 0 Å². The van der Waals surface area contributed by atoms with Crippen LogP contribution in [0.3, 0.4) is 0 Å². The van der Waals surface area contributed by atoms with Crippen molar-refractivity contribution in [2.75, 3.05) is 18.4 Å². The fraction of sp³-hybridized carbons (Fsp3) is 0.294. The molecule has 25 heavy (non-hydrogen) atoms. The lowest BCUT2D eigenvalue weighted by molar-refractivity contribution is -0.117. The zero-order valence-corrected chi connectivity index (χ0v) is 14.0. The number of nitrogens with one attached hydrogen (secondary N) is 2. The van der Waals surface area contributed by atoms with Gasteiger partial charge in [0.2, 0.25) is 5.91 Å². The van der Waals surface area contributed by atoms with Gasteiger partial charge in [-0.3, -0.25) is 9.59 Å². The van der Waals surface area contributed by atoms with Gasteiger partial charge in [0.15, 0.2) is 5.69 Å². The van der Waals surface area contributed by atoms with Crippen molar-refractivity contribution >= 4 is 17.6 Å². The van der Waals surface area contributed by atoms with Gasteiger partial charge in [-0.1, -0.05) is 26.0 Å². The molecule has 2 rings (SSSR count). The van der Waals surface area contributed by atoms with E-state index in [0.29, 0.717) is 12.4 Å². The van der Waals surface area contributed by atoms with E-state index in [2.05, 4.69) is 20.8 Å². The summed E-state index contributed by atoms with van der Waals surface area (Å²) < 4.78 is 13.0. The van der Waals surface area contributed by atoms with E-state index in [-0.39, 0.29) is 23.5 Å². The maximum Gasteiger partial charge on any atom is 0.272 e. The Bertz CT molecular complexity index is 745. The van der Waals surface area contributed by atoms with Crippen LogP contribution in [0.2, 0.25) is 0 Å². The van der Waals surface area contributed by atoms with Crippen LogP contribution in [0.1, 0.15) is 29.9 Å². The van der Waals surface area contributed by atoms with Gasteiger partial charge in [0.1, 0.15) is 11.6 Å². The van der Waals surface area contributed by atoms with E-state index in [1.54, 1.807) is 18.2 Å². The molecule has 1 heterocycles. The highest BCUT2D eigenvalue weighted by Crippen LogP contribution is 2.23. The third-order valence-electron chi connectivity index (χ3n) is 3.66. The molecule has 0 aliphatic heterocycles. The Morgan fingerprint density at radius 3 is 2.36 bits per heavy atom. The molecule has 132 valence electrons. The summed E-state index contributed by atoms with van der Waals surface area (Å²) in [6.07, 6.45) is 0. The van der Waals surface area contributed by atoms with Crippen molar-refractivity contribution in [3.05, 3.63) is 53.5 Å². The number of carbonyl (C=O) groups is 2. The molecule has 4 N–H and O–H groups in total. The third-order valence-corrected chi connectivity index (χ3v) is 3.66. The summed E-state index contributed by atoms with van der Waals surface area (Å²) >= 11 is 0. The average Bonchev–Trinajstić information content (AvgIpc) is 2.59. The average molecular weight is 345 g/mol. The molecule has 1 aromatic carbocycles. The number of halogens is 1. The number of primary amides is 1. The van der Waals surface area contributed by atoms with Crippen molar-refractivity contribution in [2.24, 2.45) is 5.73 Å². The summed E-state index contributed by atoms with van der Waals surface area (Å²) in [7, 11) is 0. The first-order valence-electron chi connectivity index (χ1n) is 7.68. The minimum atomic E-state index is -0.636. The van der Waals surface area contributed by atoms with Gasteiger partial charge in [-0.15, -0.1) is 10.2 Å². The van der Waals surface area contributed by atoms with Crippen LogP contribution in [0.15, 0.2) is 36.4 Å². The van der Waals surface area contributed by atoms with Crippen LogP contribution >= 0.6 is 0 Å². The van der Waals surface area contributed by atoms with Gasteiger partial charge in [-0.2, -0.15) is 0 Å². The Morgan fingerprint density at radius 1 is 1.12 bits per heavy atom. The van der Waals surface area contributed by atoms with Crippen LogP contribution in [0, 0.1) is 5.82 Å². The second kappa shape index (κ2) is 7.69. The normalized spacial score (nSPS) is 11.0. The number of rotatable bonds is 7. The van der Waals surface area contributed by atoms with E-state index in [0.717, 1.165) is 5.56 Å². The zero-order valence-electron chi connectivity index (χ0n) is 14.0.